The first-order valence-corrected chi connectivity index (χ1v) is 4.61. The SMILES string of the molecule is CC(C)CC1CNCCC1(F)F. The molecule has 1 atom stereocenters. The standard InChI is InChI=1S/C9H17F2N/c1-7(2)5-8-6-12-4-3-9(8,10)11/h7-8,12H,3-6H2,1-2H3. The predicted octanol–water partition coefficient (Wildman–Crippen LogP) is 2.28. The van der Waals surface area contributed by atoms with Crippen LogP contribution in [0.1, 0.15) is 26.7 Å². The van der Waals surface area contributed by atoms with Crippen LogP contribution in [0.3, 0.4) is 0 Å². The largest absolute Gasteiger partial charge is 0.316 e. The summed E-state index contributed by atoms with van der Waals surface area (Å²) in [5.41, 5.74) is 0. The van der Waals surface area contributed by atoms with Crippen LogP contribution in [0, 0.1) is 11.8 Å². The number of piperidine rings is 1. The highest BCUT2D eigenvalue weighted by molar-refractivity contribution is 4.84. The van der Waals surface area contributed by atoms with E-state index in [9.17, 15) is 8.78 Å². The molecule has 0 aromatic heterocycles. The van der Waals surface area contributed by atoms with Crippen molar-refractivity contribution in [1.29, 1.82) is 0 Å². The van der Waals surface area contributed by atoms with Gasteiger partial charge in [0.1, 0.15) is 0 Å². The highest BCUT2D eigenvalue weighted by Crippen LogP contribution is 2.34. The number of nitrogens with one attached hydrogen (secondary N) is 1. The van der Waals surface area contributed by atoms with Crippen LogP contribution in [-0.2, 0) is 0 Å². The molecule has 0 radical (unpaired) electrons. The lowest BCUT2D eigenvalue weighted by Gasteiger charge is -2.32. The van der Waals surface area contributed by atoms with Gasteiger partial charge in [-0.15, -0.1) is 0 Å². The average molecular weight is 177 g/mol. The smallest absolute Gasteiger partial charge is 0.253 e. The first-order valence-electron chi connectivity index (χ1n) is 4.61. The zero-order valence-electron chi connectivity index (χ0n) is 7.74. The van der Waals surface area contributed by atoms with E-state index in [2.05, 4.69) is 5.32 Å². The van der Waals surface area contributed by atoms with Gasteiger partial charge < -0.3 is 5.32 Å². The minimum absolute atomic E-state index is 0.00435. The van der Waals surface area contributed by atoms with Gasteiger partial charge in [0.25, 0.3) is 5.92 Å². The summed E-state index contributed by atoms with van der Waals surface area (Å²) < 4.78 is 26.4. The van der Waals surface area contributed by atoms with Crippen molar-refractivity contribution in [3.8, 4) is 0 Å². The fraction of sp³-hybridized carbons (Fsp3) is 1.00. The van der Waals surface area contributed by atoms with Crippen molar-refractivity contribution in [3.63, 3.8) is 0 Å². The lowest BCUT2D eigenvalue weighted by molar-refractivity contribution is -0.0842. The summed E-state index contributed by atoms with van der Waals surface area (Å²) in [5.74, 6) is -2.53. The molecule has 1 saturated heterocycles. The molecule has 1 rings (SSSR count). The third-order valence-corrected chi connectivity index (χ3v) is 2.38. The summed E-state index contributed by atoms with van der Waals surface area (Å²) in [5, 5.41) is 3.02. The lowest BCUT2D eigenvalue weighted by Crippen LogP contribution is -2.45. The molecule has 1 N–H and O–H groups in total. The Morgan fingerprint density at radius 2 is 2.17 bits per heavy atom. The van der Waals surface area contributed by atoms with Gasteiger partial charge in [-0.25, -0.2) is 8.78 Å². The van der Waals surface area contributed by atoms with Crippen LogP contribution in [-0.4, -0.2) is 19.0 Å². The summed E-state index contributed by atoms with van der Waals surface area (Å²) in [7, 11) is 0. The summed E-state index contributed by atoms with van der Waals surface area (Å²) in [4.78, 5) is 0. The van der Waals surface area contributed by atoms with E-state index < -0.39 is 11.8 Å². The molecule has 0 aromatic carbocycles. The molecule has 1 nitrogen and oxygen atoms in total. The summed E-state index contributed by atoms with van der Waals surface area (Å²) in [6.45, 7) is 4.92. The number of hydrogen-bond acceptors (Lipinski definition) is 1. The van der Waals surface area contributed by atoms with Crippen LogP contribution < -0.4 is 5.32 Å². The quantitative estimate of drug-likeness (QED) is 0.682. The zero-order valence-corrected chi connectivity index (χ0v) is 7.74. The summed E-state index contributed by atoms with van der Waals surface area (Å²) in [6.07, 6.45) is 0.629. The van der Waals surface area contributed by atoms with Crippen molar-refractivity contribution >= 4 is 0 Å². The van der Waals surface area contributed by atoms with E-state index in [1.165, 1.54) is 0 Å². The second kappa shape index (κ2) is 3.69. The zero-order chi connectivity index (χ0) is 9.19. The minimum Gasteiger partial charge on any atom is -0.316 e. The maximum atomic E-state index is 13.2. The van der Waals surface area contributed by atoms with Crippen molar-refractivity contribution in [3.05, 3.63) is 0 Å². The molecule has 0 bridgehead atoms. The maximum absolute atomic E-state index is 13.2. The molecule has 3 heteroatoms. The second-order valence-corrected chi connectivity index (χ2v) is 4.04. The molecule has 72 valence electrons. The fourth-order valence-electron chi connectivity index (χ4n) is 1.71. The topological polar surface area (TPSA) is 12.0 Å². The third kappa shape index (κ3) is 2.41. The molecule has 0 aliphatic carbocycles. The molecule has 1 aliphatic rings. The molecule has 1 heterocycles. The van der Waals surface area contributed by atoms with Gasteiger partial charge in [0, 0.05) is 25.4 Å². The monoisotopic (exact) mass is 177 g/mol. The fourth-order valence-corrected chi connectivity index (χ4v) is 1.71. The average Bonchev–Trinajstić information content (AvgIpc) is 1.92. The molecule has 1 aliphatic heterocycles. The van der Waals surface area contributed by atoms with Gasteiger partial charge in [-0.2, -0.15) is 0 Å². The van der Waals surface area contributed by atoms with E-state index in [4.69, 9.17) is 0 Å². The van der Waals surface area contributed by atoms with Crippen LogP contribution >= 0.6 is 0 Å². The second-order valence-electron chi connectivity index (χ2n) is 4.04. The van der Waals surface area contributed by atoms with Crippen LogP contribution in [0.2, 0.25) is 0 Å². The van der Waals surface area contributed by atoms with Gasteiger partial charge in [-0.3, -0.25) is 0 Å². The Kier molecular flexibility index (Phi) is 3.04. The molecule has 1 unspecified atom stereocenters. The van der Waals surface area contributed by atoms with Crippen molar-refractivity contribution in [2.75, 3.05) is 13.1 Å². The van der Waals surface area contributed by atoms with Crippen LogP contribution in [0.5, 0.6) is 0 Å². The van der Waals surface area contributed by atoms with E-state index in [1.54, 1.807) is 0 Å². The van der Waals surface area contributed by atoms with Gasteiger partial charge >= 0.3 is 0 Å². The van der Waals surface area contributed by atoms with E-state index in [-0.39, 0.29) is 6.42 Å². The first kappa shape index (κ1) is 9.90. The molecule has 0 saturated carbocycles. The Labute approximate surface area is 72.5 Å². The maximum Gasteiger partial charge on any atom is 0.253 e. The van der Waals surface area contributed by atoms with Crippen LogP contribution in [0.4, 0.5) is 8.78 Å². The number of alkyl halides is 2. The van der Waals surface area contributed by atoms with Gasteiger partial charge in [0.15, 0.2) is 0 Å². The van der Waals surface area contributed by atoms with E-state index in [0.717, 1.165) is 0 Å². The Morgan fingerprint density at radius 3 is 2.67 bits per heavy atom. The number of halogens is 2. The Hall–Kier alpha value is -0.180. The van der Waals surface area contributed by atoms with Gasteiger partial charge in [-0.05, 0) is 12.3 Å². The van der Waals surface area contributed by atoms with Crippen molar-refractivity contribution in [1.82, 2.24) is 5.32 Å². The molecule has 0 amide bonds. The number of rotatable bonds is 2. The highest BCUT2D eigenvalue weighted by Gasteiger charge is 2.41. The molecule has 0 spiro atoms. The predicted molar refractivity (Wildman–Crippen MR) is 45.4 cm³/mol. The molecule has 1 fully saturated rings. The molecule has 0 aromatic rings. The van der Waals surface area contributed by atoms with Gasteiger partial charge in [0.2, 0.25) is 0 Å². The summed E-state index contributed by atoms with van der Waals surface area (Å²) in [6, 6.07) is 0. The minimum atomic E-state index is -2.44. The van der Waals surface area contributed by atoms with E-state index >= 15 is 0 Å². The lowest BCUT2D eigenvalue weighted by atomic mass is 9.87. The number of hydrogen-bond donors (Lipinski definition) is 1. The molecular weight excluding hydrogens is 160 g/mol. The Morgan fingerprint density at radius 1 is 1.50 bits per heavy atom. The van der Waals surface area contributed by atoms with E-state index in [1.807, 2.05) is 13.8 Å². The van der Waals surface area contributed by atoms with Crippen molar-refractivity contribution in [2.24, 2.45) is 11.8 Å². The Bertz CT molecular complexity index is 145. The van der Waals surface area contributed by atoms with E-state index in [0.29, 0.717) is 25.4 Å². The van der Waals surface area contributed by atoms with Crippen LogP contribution in [0.25, 0.3) is 0 Å². The normalized spacial score (nSPS) is 29.2. The first-order chi connectivity index (χ1) is 5.52. The van der Waals surface area contributed by atoms with Crippen LogP contribution in [0.15, 0.2) is 0 Å². The van der Waals surface area contributed by atoms with Gasteiger partial charge in [-0.1, -0.05) is 13.8 Å². The third-order valence-electron chi connectivity index (χ3n) is 2.38. The van der Waals surface area contributed by atoms with Crippen molar-refractivity contribution in [2.45, 2.75) is 32.6 Å². The molecular formula is C9H17F2N. The molecule has 12 heavy (non-hydrogen) atoms. The Balaban J connectivity index is 2.48. The highest BCUT2D eigenvalue weighted by atomic mass is 19.3. The summed E-state index contributed by atoms with van der Waals surface area (Å²) >= 11 is 0. The van der Waals surface area contributed by atoms with Gasteiger partial charge in [0.05, 0.1) is 0 Å². The van der Waals surface area contributed by atoms with Crippen molar-refractivity contribution < 1.29 is 8.78 Å².